The van der Waals surface area contributed by atoms with Crippen LogP contribution in [0.1, 0.15) is 25.1 Å². The second kappa shape index (κ2) is 7.43. The first kappa shape index (κ1) is 14.2. The third-order valence-corrected chi connectivity index (χ3v) is 4.19. The molecule has 0 aromatic carbocycles. The first-order valence-electron chi connectivity index (χ1n) is 5.75. The van der Waals surface area contributed by atoms with E-state index in [2.05, 4.69) is 46.5 Å². The smallest absolute Gasteiger partial charge is 0.0300 e. The zero-order valence-electron chi connectivity index (χ0n) is 10.0. The molecule has 0 aliphatic rings. The Kier molecular flexibility index (Phi) is 6.58. The van der Waals surface area contributed by atoms with Crippen LogP contribution in [0, 0.1) is 11.8 Å². The zero-order chi connectivity index (χ0) is 12.0. The highest BCUT2D eigenvalue weighted by Crippen LogP contribution is 2.19. The monoisotopic (exact) mass is 304 g/mol. The van der Waals surface area contributed by atoms with Crippen LogP contribution in [0.25, 0.3) is 0 Å². The van der Waals surface area contributed by atoms with Crippen molar-refractivity contribution in [1.29, 1.82) is 0 Å². The molecule has 1 aromatic heterocycles. The molecule has 0 aliphatic carbocycles. The molecule has 4 heteroatoms. The zero-order valence-corrected chi connectivity index (χ0v) is 12.4. The first-order chi connectivity index (χ1) is 7.61. The van der Waals surface area contributed by atoms with Gasteiger partial charge in [0.25, 0.3) is 0 Å². The molecule has 16 heavy (non-hydrogen) atoms. The fourth-order valence-electron chi connectivity index (χ4n) is 1.78. The van der Waals surface area contributed by atoms with Gasteiger partial charge >= 0.3 is 0 Å². The minimum atomic E-state index is 0.600. The molecule has 2 nitrogen and oxygen atoms in total. The fourth-order valence-corrected chi connectivity index (χ4v) is 3.20. The summed E-state index contributed by atoms with van der Waals surface area (Å²) in [6.45, 7) is 7.24. The molecule has 0 bridgehead atoms. The first-order valence-corrected chi connectivity index (χ1v) is 7.42. The quantitative estimate of drug-likeness (QED) is 0.812. The van der Waals surface area contributed by atoms with Gasteiger partial charge in [-0.2, -0.15) is 0 Å². The number of halogens is 1. The van der Waals surface area contributed by atoms with E-state index in [0.717, 1.165) is 25.6 Å². The molecule has 0 saturated carbocycles. The second-order valence-corrected chi connectivity index (χ2v) is 6.50. The van der Waals surface area contributed by atoms with Gasteiger partial charge in [-0.3, -0.25) is 0 Å². The maximum atomic E-state index is 5.76. The predicted molar refractivity (Wildman–Crippen MR) is 75.7 cm³/mol. The minimum Gasteiger partial charge on any atom is -0.330 e. The highest BCUT2D eigenvalue weighted by Gasteiger charge is 2.08. The Bertz CT molecular complexity index is 299. The summed E-state index contributed by atoms with van der Waals surface area (Å²) in [4.78, 5) is 1.37. The van der Waals surface area contributed by atoms with E-state index in [0.29, 0.717) is 5.92 Å². The van der Waals surface area contributed by atoms with Gasteiger partial charge in [0, 0.05) is 21.3 Å². The molecule has 0 spiro atoms. The normalized spacial score (nSPS) is 13.3. The van der Waals surface area contributed by atoms with Gasteiger partial charge in [0.05, 0.1) is 0 Å². The molecule has 3 N–H and O–H groups in total. The second-order valence-electron chi connectivity index (χ2n) is 4.59. The average molecular weight is 305 g/mol. The summed E-state index contributed by atoms with van der Waals surface area (Å²) in [5.74, 6) is 1.33. The third-order valence-electron chi connectivity index (χ3n) is 2.49. The number of hydrogen-bond acceptors (Lipinski definition) is 3. The van der Waals surface area contributed by atoms with Crippen molar-refractivity contribution in [3.05, 3.63) is 20.8 Å². The van der Waals surface area contributed by atoms with Crippen molar-refractivity contribution in [2.45, 2.75) is 26.8 Å². The maximum Gasteiger partial charge on any atom is 0.0300 e. The Morgan fingerprint density at radius 3 is 2.75 bits per heavy atom. The highest BCUT2D eigenvalue weighted by atomic mass is 79.9. The number of thiophene rings is 1. The van der Waals surface area contributed by atoms with Crippen LogP contribution in [0.3, 0.4) is 0 Å². The van der Waals surface area contributed by atoms with E-state index >= 15 is 0 Å². The van der Waals surface area contributed by atoms with Crippen LogP contribution in [0.2, 0.25) is 0 Å². The summed E-state index contributed by atoms with van der Waals surface area (Å²) in [6, 6.07) is 2.16. The molecule has 92 valence electrons. The van der Waals surface area contributed by atoms with Gasteiger partial charge in [-0.1, -0.05) is 13.8 Å². The summed E-state index contributed by atoms with van der Waals surface area (Å²) >= 11 is 5.24. The van der Waals surface area contributed by atoms with Gasteiger partial charge in [0.1, 0.15) is 0 Å². The molecule has 0 saturated heterocycles. The Morgan fingerprint density at radius 1 is 1.50 bits per heavy atom. The summed E-state index contributed by atoms with van der Waals surface area (Å²) in [6.07, 6.45) is 1.21. The van der Waals surface area contributed by atoms with Crippen LogP contribution in [-0.4, -0.2) is 13.1 Å². The number of rotatable bonds is 7. The van der Waals surface area contributed by atoms with Crippen molar-refractivity contribution in [2.75, 3.05) is 13.1 Å². The van der Waals surface area contributed by atoms with Crippen molar-refractivity contribution in [3.8, 4) is 0 Å². The molecule has 1 rings (SSSR count). The van der Waals surface area contributed by atoms with Crippen LogP contribution >= 0.6 is 27.3 Å². The summed E-state index contributed by atoms with van der Waals surface area (Å²) in [7, 11) is 0. The van der Waals surface area contributed by atoms with Crippen molar-refractivity contribution < 1.29 is 0 Å². The van der Waals surface area contributed by atoms with E-state index in [1.54, 1.807) is 11.3 Å². The lowest BCUT2D eigenvalue weighted by molar-refractivity contribution is 0.394. The van der Waals surface area contributed by atoms with Crippen molar-refractivity contribution >= 4 is 27.3 Å². The minimum absolute atomic E-state index is 0.600. The van der Waals surface area contributed by atoms with Crippen LogP contribution in [0.15, 0.2) is 15.9 Å². The molecular weight excluding hydrogens is 284 g/mol. The molecule has 0 aliphatic heterocycles. The van der Waals surface area contributed by atoms with Gasteiger partial charge < -0.3 is 11.1 Å². The predicted octanol–water partition coefficient (Wildman–Crippen LogP) is 3.22. The summed E-state index contributed by atoms with van der Waals surface area (Å²) in [5, 5.41) is 5.60. The molecule has 1 aromatic rings. The molecule has 1 heterocycles. The van der Waals surface area contributed by atoms with Crippen molar-refractivity contribution in [3.63, 3.8) is 0 Å². The topological polar surface area (TPSA) is 38.0 Å². The van der Waals surface area contributed by atoms with Gasteiger partial charge in [0.15, 0.2) is 0 Å². The van der Waals surface area contributed by atoms with Crippen molar-refractivity contribution in [1.82, 2.24) is 5.32 Å². The highest BCUT2D eigenvalue weighted by molar-refractivity contribution is 9.10. The van der Waals surface area contributed by atoms with Crippen LogP contribution in [0.4, 0.5) is 0 Å². The lowest BCUT2D eigenvalue weighted by atomic mass is 9.97. The van der Waals surface area contributed by atoms with Gasteiger partial charge in [-0.25, -0.2) is 0 Å². The van der Waals surface area contributed by atoms with E-state index in [4.69, 9.17) is 5.73 Å². The largest absolute Gasteiger partial charge is 0.330 e. The molecule has 0 radical (unpaired) electrons. The Balaban J connectivity index is 2.23. The molecule has 0 amide bonds. The molecule has 1 unspecified atom stereocenters. The van der Waals surface area contributed by atoms with Gasteiger partial charge in [0.2, 0.25) is 0 Å². The Hall–Kier alpha value is 0.1000. The fraction of sp³-hybridized carbons (Fsp3) is 0.667. The lowest BCUT2D eigenvalue weighted by Gasteiger charge is -2.17. The van der Waals surface area contributed by atoms with E-state index in [-0.39, 0.29) is 0 Å². The van der Waals surface area contributed by atoms with E-state index in [9.17, 15) is 0 Å². The maximum absolute atomic E-state index is 5.76. The van der Waals surface area contributed by atoms with Crippen LogP contribution in [0.5, 0.6) is 0 Å². The van der Waals surface area contributed by atoms with E-state index < -0.39 is 0 Å². The number of nitrogens with two attached hydrogens (primary N) is 1. The molecular formula is C12H21BrN2S. The van der Waals surface area contributed by atoms with Crippen LogP contribution in [-0.2, 0) is 6.54 Å². The summed E-state index contributed by atoms with van der Waals surface area (Å²) < 4.78 is 1.17. The molecule has 0 fully saturated rings. The Morgan fingerprint density at radius 2 is 2.25 bits per heavy atom. The van der Waals surface area contributed by atoms with Gasteiger partial charge in [-0.15, -0.1) is 11.3 Å². The lowest BCUT2D eigenvalue weighted by Crippen LogP contribution is -2.28. The number of nitrogens with one attached hydrogen (secondary N) is 1. The standard InChI is InChI=1S/C12H21BrN2S/c1-9(2)3-10(5-14)6-15-7-12-4-11(13)8-16-12/h4,8-10,15H,3,5-7,14H2,1-2H3. The summed E-state index contributed by atoms with van der Waals surface area (Å²) in [5.41, 5.74) is 5.76. The molecule has 1 atom stereocenters. The van der Waals surface area contributed by atoms with E-state index in [1.807, 2.05) is 0 Å². The third kappa shape index (κ3) is 5.43. The average Bonchev–Trinajstić information content (AvgIpc) is 2.62. The van der Waals surface area contributed by atoms with E-state index in [1.165, 1.54) is 15.8 Å². The Labute approximate surface area is 111 Å². The van der Waals surface area contributed by atoms with Crippen molar-refractivity contribution in [2.24, 2.45) is 17.6 Å². The van der Waals surface area contributed by atoms with Gasteiger partial charge in [-0.05, 0) is 53.3 Å². The SMILES string of the molecule is CC(C)CC(CN)CNCc1cc(Br)cs1. The number of hydrogen-bond donors (Lipinski definition) is 2. The van der Waals surface area contributed by atoms with Crippen LogP contribution < -0.4 is 11.1 Å².